The summed E-state index contributed by atoms with van der Waals surface area (Å²) in [7, 11) is 1.70. The topological polar surface area (TPSA) is 38.8 Å². The van der Waals surface area contributed by atoms with Gasteiger partial charge in [-0.2, -0.15) is 0 Å². The lowest BCUT2D eigenvalue weighted by atomic mass is 9.80. The third-order valence-corrected chi connectivity index (χ3v) is 5.29. The fourth-order valence-corrected chi connectivity index (χ4v) is 3.91. The third kappa shape index (κ3) is 2.25. The van der Waals surface area contributed by atoms with Crippen molar-refractivity contribution in [1.29, 1.82) is 0 Å². The maximum atomic E-state index is 14.3. The summed E-state index contributed by atoms with van der Waals surface area (Å²) in [5.41, 5.74) is -1.89. The Kier molecular flexibility index (Phi) is 3.75. The van der Waals surface area contributed by atoms with Gasteiger partial charge in [0.1, 0.15) is 0 Å². The van der Waals surface area contributed by atoms with Gasteiger partial charge in [-0.15, -0.1) is 0 Å². The predicted octanol–water partition coefficient (Wildman–Crippen LogP) is 1.92. The molecule has 114 valence electrons. The van der Waals surface area contributed by atoms with Crippen LogP contribution in [0.4, 0.5) is 4.39 Å². The molecule has 3 rings (SSSR count). The normalized spacial score (nSPS) is 36.1. The Morgan fingerprint density at radius 3 is 2.85 bits per heavy atom. The number of carbonyl (C=O) groups excluding carboxylic acids is 1. The van der Waals surface area contributed by atoms with Gasteiger partial charge in [0.15, 0.2) is 5.67 Å². The highest BCUT2D eigenvalue weighted by Gasteiger charge is 2.52. The first-order valence-electron chi connectivity index (χ1n) is 7.71. The number of alkyl halides is 1. The van der Waals surface area contributed by atoms with Gasteiger partial charge in [0.25, 0.3) is 5.91 Å². The Labute approximate surface area is 119 Å². The average molecular weight is 285 g/mol. The van der Waals surface area contributed by atoms with Gasteiger partial charge in [-0.1, -0.05) is 6.42 Å². The van der Waals surface area contributed by atoms with Crippen molar-refractivity contribution in [3.05, 3.63) is 0 Å². The van der Waals surface area contributed by atoms with E-state index in [1.807, 2.05) is 0 Å². The van der Waals surface area contributed by atoms with Gasteiger partial charge in [-0.25, -0.2) is 4.39 Å². The molecule has 1 saturated heterocycles. The van der Waals surface area contributed by atoms with E-state index in [1.165, 1.54) is 0 Å². The van der Waals surface area contributed by atoms with Crippen LogP contribution in [0, 0.1) is 5.92 Å². The Hall–Kier alpha value is -0.680. The molecular formula is C15H24FNO3. The number of nitrogens with zero attached hydrogens (tertiary/aromatic N) is 1. The van der Waals surface area contributed by atoms with Crippen LogP contribution in [0.25, 0.3) is 0 Å². The summed E-state index contributed by atoms with van der Waals surface area (Å²) in [5, 5.41) is 0. The van der Waals surface area contributed by atoms with Crippen LogP contribution in [0.2, 0.25) is 0 Å². The molecule has 0 radical (unpaired) electrons. The van der Waals surface area contributed by atoms with Crippen LogP contribution in [0.5, 0.6) is 0 Å². The zero-order valence-electron chi connectivity index (χ0n) is 12.2. The maximum Gasteiger partial charge on any atom is 0.260 e. The fourth-order valence-electron chi connectivity index (χ4n) is 3.91. The van der Waals surface area contributed by atoms with Crippen molar-refractivity contribution in [2.24, 2.45) is 5.92 Å². The molecule has 3 aliphatic rings. The molecule has 3 fully saturated rings. The number of morpholine rings is 1. The van der Waals surface area contributed by atoms with Crippen LogP contribution >= 0.6 is 0 Å². The van der Waals surface area contributed by atoms with Crippen LogP contribution in [-0.4, -0.2) is 55.5 Å². The molecule has 0 aromatic heterocycles. The lowest BCUT2D eigenvalue weighted by Crippen LogP contribution is -2.60. The fraction of sp³-hybridized carbons (Fsp3) is 0.933. The van der Waals surface area contributed by atoms with Crippen molar-refractivity contribution in [3.63, 3.8) is 0 Å². The Balaban J connectivity index is 1.71. The van der Waals surface area contributed by atoms with Crippen LogP contribution in [-0.2, 0) is 14.3 Å². The molecular weight excluding hydrogens is 261 g/mol. The summed E-state index contributed by atoms with van der Waals surface area (Å²) >= 11 is 0. The van der Waals surface area contributed by atoms with Gasteiger partial charge < -0.3 is 14.4 Å². The molecule has 2 saturated carbocycles. The van der Waals surface area contributed by atoms with E-state index in [1.54, 1.807) is 12.0 Å². The van der Waals surface area contributed by atoms with E-state index in [0.717, 1.165) is 25.7 Å². The second-order valence-corrected chi connectivity index (χ2v) is 6.50. The van der Waals surface area contributed by atoms with Gasteiger partial charge in [0.2, 0.25) is 0 Å². The number of ether oxygens (including phenoxy) is 2. The first-order chi connectivity index (χ1) is 9.60. The smallest absolute Gasteiger partial charge is 0.260 e. The lowest BCUT2D eigenvalue weighted by molar-refractivity contribution is -0.174. The maximum absolute atomic E-state index is 14.3. The number of hydrogen-bond donors (Lipinski definition) is 0. The first kappa shape index (κ1) is 14.3. The number of amides is 1. The molecule has 0 unspecified atom stereocenters. The van der Waals surface area contributed by atoms with Crippen molar-refractivity contribution in [3.8, 4) is 0 Å². The second-order valence-electron chi connectivity index (χ2n) is 6.50. The number of methoxy groups -OCH3 is 1. The molecule has 0 aromatic carbocycles. The summed E-state index contributed by atoms with van der Waals surface area (Å²) in [4.78, 5) is 14.1. The molecule has 0 N–H and O–H groups in total. The van der Waals surface area contributed by atoms with Gasteiger partial charge >= 0.3 is 0 Å². The van der Waals surface area contributed by atoms with Crippen LogP contribution in [0.3, 0.4) is 0 Å². The van der Waals surface area contributed by atoms with Crippen LogP contribution in [0.15, 0.2) is 0 Å². The van der Waals surface area contributed by atoms with Crippen molar-refractivity contribution in [2.45, 2.75) is 49.8 Å². The predicted molar refractivity (Wildman–Crippen MR) is 72.2 cm³/mol. The molecule has 2 atom stereocenters. The van der Waals surface area contributed by atoms with Gasteiger partial charge in [0, 0.05) is 19.6 Å². The third-order valence-electron chi connectivity index (χ3n) is 5.29. The molecule has 1 heterocycles. The van der Waals surface area contributed by atoms with E-state index < -0.39 is 5.67 Å². The molecule has 4 nitrogen and oxygen atoms in total. The largest absolute Gasteiger partial charge is 0.384 e. The van der Waals surface area contributed by atoms with E-state index in [4.69, 9.17) is 9.47 Å². The highest BCUT2D eigenvalue weighted by Crippen LogP contribution is 2.43. The Bertz CT molecular complexity index is 385. The average Bonchev–Trinajstić information content (AvgIpc) is 2.78. The van der Waals surface area contributed by atoms with Gasteiger partial charge in [-0.3, -0.25) is 4.79 Å². The van der Waals surface area contributed by atoms with E-state index in [-0.39, 0.29) is 11.5 Å². The standard InChI is InChI=1S/C15H24FNO3/c1-19-10-12-4-2-7-15(12)11-17(8-9-20-15)13(18)14(16)5-3-6-14/h12H,2-11H2,1H3/t12-,15-/m1/s1. The summed E-state index contributed by atoms with van der Waals surface area (Å²) in [6.45, 7) is 2.22. The van der Waals surface area contributed by atoms with E-state index in [9.17, 15) is 9.18 Å². The van der Waals surface area contributed by atoms with E-state index >= 15 is 0 Å². The van der Waals surface area contributed by atoms with Crippen molar-refractivity contribution in [2.75, 3.05) is 33.4 Å². The second kappa shape index (κ2) is 5.26. The molecule has 1 aliphatic heterocycles. The number of rotatable bonds is 3. The SMILES string of the molecule is COC[C@H]1CCC[C@@]12CN(C(=O)C1(F)CCC1)CCO2. The Morgan fingerprint density at radius 2 is 2.20 bits per heavy atom. The minimum atomic E-state index is -1.59. The van der Waals surface area contributed by atoms with Crippen molar-refractivity contribution < 1.29 is 18.7 Å². The molecule has 20 heavy (non-hydrogen) atoms. The number of halogens is 1. The molecule has 2 aliphatic carbocycles. The van der Waals surface area contributed by atoms with Gasteiger partial charge in [0.05, 0.1) is 25.4 Å². The summed E-state index contributed by atoms with van der Waals surface area (Å²) in [5.74, 6) is 0.00884. The zero-order chi connectivity index (χ0) is 14.2. The van der Waals surface area contributed by atoms with E-state index in [2.05, 4.69) is 0 Å². The molecule has 0 aromatic rings. The summed E-state index contributed by atoms with van der Waals surface area (Å²) in [6, 6.07) is 0. The molecule has 5 heteroatoms. The lowest BCUT2D eigenvalue weighted by Gasteiger charge is -2.46. The van der Waals surface area contributed by atoms with Crippen molar-refractivity contribution >= 4 is 5.91 Å². The molecule has 1 amide bonds. The molecule has 0 bridgehead atoms. The van der Waals surface area contributed by atoms with Crippen LogP contribution in [0.1, 0.15) is 38.5 Å². The Morgan fingerprint density at radius 1 is 1.40 bits per heavy atom. The quantitative estimate of drug-likeness (QED) is 0.795. The van der Waals surface area contributed by atoms with Crippen LogP contribution < -0.4 is 0 Å². The van der Waals surface area contributed by atoms with E-state index in [0.29, 0.717) is 45.1 Å². The zero-order valence-corrected chi connectivity index (χ0v) is 12.2. The number of carbonyl (C=O) groups is 1. The minimum absolute atomic E-state index is 0.302. The number of hydrogen-bond acceptors (Lipinski definition) is 3. The highest BCUT2D eigenvalue weighted by atomic mass is 19.1. The summed E-state index contributed by atoms with van der Waals surface area (Å²) < 4.78 is 25.7. The highest BCUT2D eigenvalue weighted by molar-refractivity contribution is 5.86. The van der Waals surface area contributed by atoms with Gasteiger partial charge in [-0.05, 0) is 32.1 Å². The summed E-state index contributed by atoms with van der Waals surface area (Å²) in [6.07, 6.45) is 4.71. The minimum Gasteiger partial charge on any atom is -0.384 e. The molecule has 1 spiro atoms. The first-order valence-corrected chi connectivity index (χ1v) is 7.71. The monoisotopic (exact) mass is 285 g/mol. The van der Waals surface area contributed by atoms with Crippen molar-refractivity contribution in [1.82, 2.24) is 4.90 Å².